The summed E-state index contributed by atoms with van der Waals surface area (Å²) in [6.45, 7) is 0.720. The fraction of sp³-hybridized carbons (Fsp3) is 0.235. The molecule has 0 amide bonds. The predicted molar refractivity (Wildman–Crippen MR) is 79.8 cm³/mol. The molecule has 0 aromatic heterocycles. The van der Waals surface area contributed by atoms with Crippen LogP contribution in [-0.2, 0) is 11.2 Å². The van der Waals surface area contributed by atoms with Crippen molar-refractivity contribution in [3.8, 4) is 11.5 Å². The van der Waals surface area contributed by atoms with Gasteiger partial charge in [0.1, 0.15) is 30.5 Å². The summed E-state index contributed by atoms with van der Waals surface area (Å²) in [6.07, 6.45) is 0.620. The van der Waals surface area contributed by atoms with Gasteiger partial charge in [-0.2, -0.15) is 0 Å². The Balaban J connectivity index is 1.70. The second-order valence-electron chi connectivity index (χ2n) is 4.69. The van der Waals surface area contributed by atoms with Crippen molar-refractivity contribution in [2.45, 2.75) is 12.8 Å². The zero-order chi connectivity index (χ0) is 15.8. The van der Waals surface area contributed by atoms with E-state index in [-0.39, 0.29) is 12.2 Å². The molecule has 0 fully saturated rings. The normalized spacial score (nSPS) is 10.2. The lowest BCUT2D eigenvalue weighted by molar-refractivity contribution is -0.136. The van der Waals surface area contributed by atoms with Crippen LogP contribution in [0.15, 0.2) is 48.5 Å². The molecule has 0 aliphatic heterocycles. The zero-order valence-corrected chi connectivity index (χ0v) is 12.0. The van der Waals surface area contributed by atoms with Crippen LogP contribution in [0.1, 0.15) is 12.0 Å². The van der Waals surface area contributed by atoms with Gasteiger partial charge in [0.05, 0.1) is 0 Å². The van der Waals surface area contributed by atoms with Crippen LogP contribution in [0.25, 0.3) is 0 Å². The molecule has 0 saturated carbocycles. The first kappa shape index (κ1) is 15.8. The fourth-order valence-corrected chi connectivity index (χ4v) is 1.85. The van der Waals surface area contributed by atoms with E-state index in [2.05, 4.69) is 0 Å². The molecule has 0 spiro atoms. The summed E-state index contributed by atoms with van der Waals surface area (Å²) >= 11 is 0. The molecule has 0 aliphatic rings. The lowest BCUT2D eigenvalue weighted by Crippen LogP contribution is -2.09. The van der Waals surface area contributed by atoms with Crippen molar-refractivity contribution >= 4 is 5.97 Å². The van der Waals surface area contributed by atoms with Crippen LogP contribution < -0.4 is 9.47 Å². The van der Waals surface area contributed by atoms with Crippen LogP contribution in [0.4, 0.5) is 4.39 Å². The predicted octanol–water partition coefficient (Wildman–Crippen LogP) is 3.30. The average molecular weight is 304 g/mol. The van der Waals surface area contributed by atoms with E-state index in [4.69, 9.17) is 14.6 Å². The van der Waals surface area contributed by atoms with E-state index in [9.17, 15) is 9.18 Å². The molecule has 5 heteroatoms. The molecule has 0 bridgehead atoms. The molecule has 0 atom stereocenters. The first-order chi connectivity index (χ1) is 10.6. The van der Waals surface area contributed by atoms with Gasteiger partial charge >= 0.3 is 5.97 Å². The monoisotopic (exact) mass is 304 g/mol. The molecule has 0 heterocycles. The van der Waals surface area contributed by atoms with Crippen molar-refractivity contribution in [2.75, 3.05) is 13.2 Å². The summed E-state index contributed by atoms with van der Waals surface area (Å²) in [7, 11) is 0. The Hall–Kier alpha value is -2.56. The summed E-state index contributed by atoms with van der Waals surface area (Å²) in [4.78, 5) is 10.5. The number of aliphatic carboxylic acids is 1. The standard InChI is InChI=1S/C17H17FO4/c18-14-4-8-16(9-5-14)22-12-11-21-15-6-1-13(2-7-15)3-10-17(19)20/h1-2,4-9H,3,10-12H2,(H,19,20). The third-order valence-electron chi connectivity index (χ3n) is 2.99. The van der Waals surface area contributed by atoms with E-state index < -0.39 is 5.97 Å². The topological polar surface area (TPSA) is 55.8 Å². The molecule has 0 aliphatic carbocycles. The molecule has 2 rings (SSSR count). The Morgan fingerprint density at radius 3 is 1.91 bits per heavy atom. The Bertz CT molecular complexity index is 593. The van der Waals surface area contributed by atoms with Crippen LogP contribution >= 0.6 is 0 Å². The lowest BCUT2D eigenvalue weighted by atomic mass is 10.1. The Kier molecular flexibility index (Phi) is 5.77. The SMILES string of the molecule is O=C(O)CCc1ccc(OCCOc2ccc(F)cc2)cc1. The number of aryl methyl sites for hydroxylation is 1. The van der Waals surface area contributed by atoms with Crippen molar-refractivity contribution in [3.63, 3.8) is 0 Å². The maximum atomic E-state index is 12.7. The van der Waals surface area contributed by atoms with Crippen molar-refractivity contribution in [2.24, 2.45) is 0 Å². The van der Waals surface area contributed by atoms with E-state index in [1.165, 1.54) is 12.1 Å². The van der Waals surface area contributed by atoms with E-state index >= 15 is 0 Å². The molecule has 2 aromatic rings. The number of carbonyl (C=O) groups is 1. The van der Waals surface area contributed by atoms with E-state index in [1.807, 2.05) is 12.1 Å². The van der Waals surface area contributed by atoms with Gasteiger partial charge in [-0.15, -0.1) is 0 Å². The molecular weight excluding hydrogens is 287 g/mol. The summed E-state index contributed by atoms with van der Waals surface area (Å²) in [5, 5.41) is 8.62. The first-order valence-electron chi connectivity index (χ1n) is 6.95. The first-order valence-corrected chi connectivity index (χ1v) is 6.95. The van der Waals surface area contributed by atoms with Gasteiger partial charge in [-0.3, -0.25) is 4.79 Å². The van der Waals surface area contributed by atoms with Gasteiger partial charge in [-0.25, -0.2) is 4.39 Å². The van der Waals surface area contributed by atoms with Crippen LogP contribution in [0.3, 0.4) is 0 Å². The summed E-state index contributed by atoms with van der Waals surface area (Å²) in [5.74, 6) is 0.181. The Labute approximate surface area is 128 Å². The second kappa shape index (κ2) is 8.02. The van der Waals surface area contributed by atoms with Crippen LogP contribution in [0.2, 0.25) is 0 Å². The maximum absolute atomic E-state index is 12.7. The van der Waals surface area contributed by atoms with E-state index in [0.29, 0.717) is 31.1 Å². The number of ether oxygens (including phenoxy) is 2. The van der Waals surface area contributed by atoms with Crippen molar-refractivity contribution in [1.29, 1.82) is 0 Å². The van der Waals surface area contributed by atoms with Crippen molar-refractivity contribution < 1.29 is 23.8 Å². The zero-order valence-electron chi connectivity index (χ0n) is 12.0. The highest BCUT2D eigenvalue weighted by molar-refractivity contribution is 5.67. The number of carboxylic acid groups (broad SMARTS) is 1. The Morgan fingerprint density at radius 2 is 1.41 bits per heavy atom. The minimum absolute atomic E-state index is 0.117. The highest BCUT2D eigenvalue weighted by Gasteiger charge is 2.00. The molecule has 0 saturated heterocycles. The van der Waals surface area contributed by atoms with Crippen LogP contribution in [-0.4, -0.2) is 24.3 Å². The third kappa shape index (κ3) is 5.44. The molecular formula is C17H17FO4. The highest BCUT2D eigenvalue weighted by atomic mass is 19.1. The third-order valence-corrected chi connectivity index (χ3v) is 2.99. The molecule has 1 N–H and O–H groups in total. The summed E-state index contributed by atoms with van der Waals surface area (Å²) in [6, 6.07) is 13.1. The quantitative estimate of drug-likeness (QED) is 0.760. The number of rotatable bonds is 8. The highest BCUT2D eigenvalue weighted by Crippen LogP contribution is 2.14. The fourth-order valence-electron chi connectivity index (χ4n) is 1.85. The molecule has 22 heavy (non-hydrogen) atoms. The largest absolute Gasteiger partial charge is 0.490 e. The van der Waals surface area contributed by atoms with Gasteiger partial charge in [0, 0.05) is 6.42 Å². The second-order valence-corrected chi connectivity index (χ2v) is 4.69. The van der Waals surface area contributed by atoms with Crippen molar-refractivity contribution in [3.05, 3.63) is 59.9 Å². The van der Waals surface area contributed by atoms with Gasteiger partial charge in [0.2, 0.25) is 0 Å². The van der Waals surface area contributed by atoms with E-state index in [0.717, 1.165) is 5.56 Å². The average Bonchev–Trinajstić information content (AvgIpc) is 2.52. The minimum atomic E-state index is -0.807. The summed E-state index contributed by atoms with van der Waals surface area (Å²) < 4.78 is 23.6. The van der Waals surface area contributed by atoms with Gasteiger partial charge < -0.3 is 14.6 Å². The van der Waals surface area contributed by atoms with Gasteiger partial charge in [0.15, 0.2) is 0 Å². The number of hydrogen-bond donors (Lipinski definition) is 1. The minimum Gasteiger partial charge on any atom is -0.490 e. The molecule has 0 radical (unpaired) electrons. The molecule has 4 nitrogen and oxygen atoms in total. The van der Waals surface area contributed by atoms with Gasteiger partial charge in [0.25, 0.3) is 0 Å². The number of halogens is 1. The summed E-state index contributed by atoms with van der Waals surface area (Å²) in [5.41, 5.74) is 0.956. The number of carboxylic acids is 1. The molecule has 2 aromatic carbocycles. The van der Waals surface area contributed by atoms with Crippen molar-refractivity contribution in [1.82, 2.24) is 0 Å². The van der Waals surface area contributed by atoms with Crippen LogP contribution in [0, 0.1) is 5.82 Å². The molecule has 0 unspecified atom stereocenters. The Morgan fingerprint density at radius 1 is 0.909 bits per heavy atom. The maximum Gasteiger partial charge on any atom is 0.303 e. The molecule has 116 valence electrons. The number of benzene rings is 2. The van der Waals surface area contributed by atoms with Gasteiger partial charge in [-0.1, -0.05) is 12.1 Å². The smallest absolute Gasteiger partial charge is 0.303 e. The van der Waals surface area contributed by atoms with Crippen LogP contribution in [0.5, 0.6) is 11.5 Å². The number of hydrogen-bond acceptors (Lipinski definition) is 3. The lowest BCUT2D eigenvalue weighted by Gasteiger charge is -2.09. The van der Waals surface area contributed by atoms with E-state index in [1.54, 1.807) is 24.3 Å². The van der Waals surface area contributed by atoms with Gasteiger partial charge in [-0.05, 0) is 48.4 Å².